The number of hydrogen-bond donors (Lipinski definition) is 2. The second-order valence-corrected chi connectivity index (χ2v) is 19.6. The molecule has 36 heavy (non-hydrogen) atoms. The SMILES string of the molecule is CC(C)(C)[Si](C)(C)OC[C@H]1NC[C@H](O)C[C@@H]1O[Si](c1ccccc1)(c1ccccc1)c1ccccc1. The van der Waals surface area contributed by atoms with Crippen LogP contribution >= 0.6 is 0 Å². The molecule has 0 unspecified atom stereocenters. The molecule has 0 radical (unpaired) electrons. The zero-order valence-electron chi connectivity index (χ0n) is 22.3. The largest absolute Gasteiger partial charge is 0.415 e. The predicted molar refractivity (Wildman–Crippen MR) is 154 cm³/mol. The number of rotatable bonds is 8. The van der Waals surface area contributed by atoms with Gasteiger partial charge >= 0.3 is 0 Å². The van der Waals surface area contributed by atoms with Crippen LogP contribution in [0, 0.1) is 0 Å². The maximum absolute atomic E-state index is 10.7. The summed E-state index contributed by atoms with van der Waals surface area (Å²) >= 11 is 0. The molecule has 1 heterocycles. The monoisotopic (exact) mass is 519 g/mol. The third-order valence-electron chi connectivity index (χ3n) is 7.87. The van der Waals surface area contributed by atoms with Crippen LogP contribution in [0.5, 0.6) is 0 Å². The van der Waals surface area contributed by atoms with Crippen molar-refractivity contribution in [1.82, 2.24) is 5.32 Å². The Morgan fingerprint density at radius 1 is 0.806 bits per heavy atom. The molecule has 0 spiro atoms. The summed E-state index contributed by atoms with van der Waals surface area (Å²) in [5.74, 6) is 0. The summed E-state index contributed by atoms with van der Waals surface area (Å²) in [4.78, 5) is 0. The quantitative estimate of drug-likeness (QED) is 0.351. The Morgan fingerprint density at radius 2 is 1.25 bits per heavy atom. The molecular weight excluding hydrogens is 479 g/mol. The molecule has 1 aliphatic heterocycles. The standard InChI is InChI=1S/C30H41NO3Si2/c1-30(2,3)35(4,5)33-23-28-29(21-24(32)22-31-28)34-36(25-15-9-6-10-16-25,26-17-11-7-12-18-26)27-19-13-8-14-20-27/h6-20,24,28-29,31-32H,21-23H2,1-5H3/t24-,28-,29+/m1/s1. The highest BCUT2D eigenvalue weighted by molar-refractivity contribution is 7.07. The molecule has 3 aromatic rings. The van der Waals surface area contributed by atoms with Crippen LogP contribution in [-0.4, -0.2) is 53.1 Å². The van der Waals surface area contributed by atoms with Crippen LogP contribution in [0.15, 0.2) is 91.0 Å². The summed E-state index contributed by atoms with van der Waals surface area (Å²) in [7, 11) is -4.82. The Labute approximate surface area is 218 Å². The van der Waals surface area contributed by atoms with Crippen LogP contribution in [0.3, 0.4) is 0 Å². The fourth-order valence-electron chi connectivity index (χ4n) is 4.70. The van der Waals surface area contributed by atoms with Gasteiger partial charge < -0.3 is 19.3 Å². The van der Waals surface area contributed by atoms with E-state index in [1.54, 1.807) is 0 Å². The lowest BCUT2D eigenvalue weighted by atomic mass is 10.0. The summed E-state index contributed by atoms with van der Waals surface area (Å²) in [5.41, 5.74) is 0. The van der Waals surface area contributed by atoms with E-state index in [9.17, 15) is 5.11 Å². The van der Waals surface area contributed by atoms with Crippen LogP contribution in [-0.2, 0) is 8.85 Å². The van der Waals surface area contributed by atoms with Gasteiger partial charge in [0.2, 0.25) is 0 Å². The van der Waals surface area contributed by atoms with Gasteiger partial charge in [0.25, 0.3) is 8.32 Å². The van der Waals surface area contributed by atoms with Gasteiger partial charge in [0, 0.05) is 13.0 Å². The molecule has 1 aliphatic rings. The van der Waals surface area contributed by atoms with Crippen LogP contribution in [0.25, 0.3) is 0 Å². The second kappa shape index (κ2) is 11.1. The minimum atomic E-state index is -2.89. The van der Waals surface area contributed by atoms with Gasteiger partial charge in [-0.05, 0) is 33.7 Å². The zero-order chi connectivity index (χ0) is 25.8. The number of benzene rings is 3. The lowest BCUT2D eigenvalue weighted by molar-refractivity contribution is 0.0201. The molecule has 0 aliphatic carbocycles. The van der Waals surface area contributed by atoms with E-state index in [0.29, 0.717) is 19.6 Å². The Bertz CT molecular complexity index is 991. The fraction of sp³-hybridized carbons (Fsp3) is 0.400. The first-order valence-corrected chi connectivity index (χ1v) is 17.8. The molecule has 0 aromatic heterocycles. The lowest BCUT2D eigenvalue weighted by Crippen LogP contribution is -2.72. The number of hydrogen-bond acceptors (Lipinski definition) is 4. The van der Waals surface area contributed by atoms with E-state index in [0.717, 1.165) is 0 Å². The maximum Gasteiger partial charge on any atom is 0.288 e. The van der Waals surface area contributed by atoms with Gasteiger partial charge in [0.15, 0.2) is 8.32 Å². The summed E-state index contributed by atoms with van der Waals surface area (Å²) < 4.78 is 14.1. The first-order chi connectivity index (χ1) is 17.1. The second-order valence-electron chi connectivity index (χ2n) is 11.4. The highest BCUT2D eigenvalue weighted by Crippen LogP contribution is 2.37. The lowest BCUT2D eigenvalue weighted by Gasteiger charge is -2.44. The van der Waals surface area contributed by atoms with E-state index < -0.39 is 22.7 Å². The van der Waals surface area contributed by atoms with Crippen molar-refractivity contribution in [3.8, 4) is 0 Å². The molecule has 1 saturated heterocycles. The third kappa shape index (κ3) is 5.74. The number of piperidine rings is 1. The van der Waals surface area contributed by atoms with Gasteiger partial charge in [-0.15, -0.1) is 0 Å². The molecule has 1 fully saturated rings. The van der Waals surface area contributed by atoms with E-state index in [1.165, 1.54) is 15.6 Å². The third-order valence-corrected chi connectivity index (χ3v) is 16.5. The van der Waals surface area contributed by atoms with Crippen molar-refractivity contribution in [2.45, 2.75) is 63.6 Å². The van der Waals surface area contributed by atoms with Crippen molar-refractivity contribution in [3.05, 3.63) is 91.0 Å². The first kappa shape index (κ1) is 27.0. The molecule has 0 amide bonds. The molecule has 0 bridgehead atoms. The van der Waals surface area contributed by atoms with Gasteiger partial charge in [-0.25, -0.2) is 0 Å². The molecule has 0 saturated carbocycles. The summed E-state index contributed by atoms with van der Waals surface area (Å²) in [6, 6.07) is 31.9. The molecule has 3 aromatic carbocycles. The van der Waals surface area contributed by atoms with Gasteiger partial charge in [-0.1, -0.05) is 112 Å². The Morgan fingerprint density at radius 3 is 1.67 bits per heavy atom. The van der Waals surface area contributed by atoms with Crippen LogP contribution < -0.4 is 20.9 Å². The number of β-amino-alcohol motifs (C(OH)–C–C–N with tert-alkyl or cyclic N) is 1. The van der Waals surface area contributed by atoms with Crippen molar-refractivity contribution in [2.75, 3.05) is 13.2 Å². The zero-order valence-corrected chi connectivity index (χ0v) is 24.3. The number of aliphatic hydroxyl groups excluding tert-OH is 1. The Kier molecular flexibility index (Phi) is 8.34. The summed E-state index contributed by atoms with van der Waals surface area (Å²) in [6.45, 7) is 12.5. The maximum atomic E-state index is 10.7. The van der Waals surface area contributed by atoms with E-state index >= 15 is 0 Å². The van der Waals surface area contributed by atoms with Gasteiger partial charge in [0.05, 0.1) is 24.9 Å². The smallest absolute Gasteiger partial charge is 0.288 e. The van der Waals surface area contributed by atoms with Crippen LogP contribution in [0.2, 0.25) is 18.1 Å². The van der Waals surface area contributed by atoms with Gasteiger partial charge in [-0.3, -0.25) is 0 Å². The van der Waals surface area contributed by atoms with E-state index in [4.69, 9.17) is 8.85 Å². The molecule has 4 rings (SSSR count). The molecule has 6 heteroatoms. The van der Waals surface area contributed by atoms with E-state index in [1.807, 2.05) is 0 Å². The van der Waals surface area contributed by atoms with Crippen LogP contribution in [0.1, 0.15) is 27.2 Å². The Hall–Kier alpha value is -2.07. The highest BCUT2D eigenvalue weighted by atomic mass is 28.4. The highest BCUT2D eigenvalue weighted by Gasteiger charge is 2.47. The average Bonchev–Trinajstić information content (AvgIpc) is 2.87. The molecule has 2 N–H and O–H groups in total. The van der Waals surface area contributed by atoms with Gasteiger partial charge in [-0.2, -0.15) is 0 Å². The summed E-state index contributed by atoms with van der Waals surface area (Å²) in [5, 5.41) is 18.0. The molecular formula is C30H41NO3Si2. The van der Waals surface area contributed by atoms with Crippen molar-refractivity contribution >= 4 is 32.2 Å². The normalized spacial score (nSPS) is 21.3. The molecule has 4 nitrogen and oxygen atoms in total. The van der Waals surface area contributed by atoms with E-state index in [2.05, 4.69) is 130 Å². The van der Waals surface area contributed by atoms with Crippen molar-refractivity contribution < 1.29 is 14.0 Å². The topological polar surface area (TPSA) is 50.7 Å². The van der Waals surface area contributed by atoms with Crippen molar-refractivity contribution in [2.24, 2.45) is 0 Å². The first-order valence-electron chi connectivity index (χ1n) is 13.0. The predicted octanol–water partition coefficient (Wildman–Crippen LogP) is 3.78. The van der Waals surface area contributed by atoms with Gasteiger partial charge in [0.1, 0.15) is 0 Å². The number of nitrogens with one attached hydrogen (secondary N) is 1. The minimum absolute atomic E-state index is 0.00513. The van der Waals surface area contributed by atoms with Crippen LogP contribution in [0.4, 0.5) is 0 Å². The molecule has 3 atom stereocenters. The van der Waals surface area contributed by atoms with Crippen molar-refractivity contribution in [1.29, 1.82) is 0 Å². The molecule has 192 valence electrons. The fourth-order valence-corrected chi connectivity index (χ4v) is 9.83. The van der Waals surface area contributed by atoms with Crippen molar-refractivity contribution in [3.63, 3.8) is 0 Å². The minimum Gasteiger partial charge on any atom is -0.415 e. The average molecular weight is 520 g/mol. The van der Waals surface area contributed by atoms with E-state index in [-0.39, 0.29) is 17.2 Å². The number of aliphatic hydroxyl groups is 1. The Balaban J connectivity index is 1.77. The summed E-state index contributed by atoms with van der Waals surface area (Å²) in [6.07, 6.45) is -0.0568.